The summed E-state index contributed by atoms with van der Waals surface area (Å²) in [5.41, 5.74) is 2.12. The Kier molecular flexibility index (Phi) is 6.58. The topological polar surface area (TPSA) is 32.8 Å². The van der Waals surface area contributed by atoms with Crippen LogP contribution < -0.4 is 9.64 Å². The lowest BCUT2D eigenvalue weighted by Gasteiger charge is -2.37. The van der Waals surface area contributed by atoms with Crippen LogP contribution in [0.1, 0.15) is 30.0 Å². The first-order chi connectivity index (χ1) is 14.2. The highest BCUT2D eigenvalue weighted by Gasteiger charge is 2.32. The van der Waals surface area contributed by atoms with E-state index in [9.17, 15) is 18.0 Å². The van der Waals surface area contributed by atoms with Crippen molar-refractivity contribution in [2.45, 2.75) is 39.5 Å². The van der Waals surface area contributed by atoms with Crippen molar-refractivity contribution in [3.8, 4) is 5.75 Å². The van der Waals surface area contributed by atoms with E-state index in [2.05, 4.69) is 0 Å². The normalized spacial score (nSPS) is 15.8. The van der Waals surface area contributed by atoms with Gasteiger partial charge in [-0.05, 0) is 61.7 Å². The second-order valence-corrected chi connectivity index (χ2v) is 7.62. The van der Waals surface area contributed by atoms with Gasteiger partial charge in [0, 0.05) is 31.9 Å². The van der Waals surface area contributed by atoms with Gasteiger partial charge in [0.25, 0.3) is 5.91 Å². The quantitative estimate of drug-likeness (QED) is 0.695. The standard InChI is InChI=1S/C23H27F3N2O2/c1-4-21(30-20-9-8-16(2)17(3)14-20)22(29)28-12-10-27(11-13-28)19-7-5-6-18(15-19)23(24,25)26/h5-9,14-15,21H,4,10-13H2,1-3H3/t21-/m0/s1. The number of nitrogens with zero attached hydrogens (tertiary/aromatic N) is 2. The number of alkyl halides is 3. The van der Waals surface area contributed by atoms with Crippen molar-refractivity contribution in [3.63, 3.8) is 0 Å². The number of rotatable bonds is 5. The molecule has 1 heterocycles. The van der Waals surface area contributed by atoms with E-state index in [1.165, 1.54) is 6.07 Å². The first-order valence-corrected chi connectivity index (χ1v) is 10.1. The third kappa shape index (κ3) is 5.07. The van der Waals surface area contributed by atoms with E-state index in [4.69, 9.17) is 4.74 Å². The third-order valence-corrected chi connectivity index (χ3v) is 5.53. The lowest BCUT2D eigenvalue weighted by molar-refractivity contribution is -0.139. The summed E-state index contributed by atoms with van der Waals surface area (Å²) < 4.78 is 44.9. The van der Waals surface area contributed by atoms with Crippen molar-refractivity contribution in [2.24, 2.45) is 0 Å². The Morgan fingerprint density at radius 1 is 1.03 bits per heavy atom. The van der Waals surface area contributed by atoms with Gasteiger partial charge < -0.3 is 14.5 Å². The SMILES string of the molecule is CC[C@H](Oc1ccc(C)c(C)c1)C(=O)N1CCN(c2cccc(C(F)(F)F)c2)CC1. The van der Waals surface area contributed by atoms with E-state index < -0.39 is 17.8 Å². The molecule has 0 radical (unpaired) electrons. The smallest absolute Gasteiger partial charge is 0.416 e. The number of aryl methyl sites for hydroxylation is 2. The Morgan fingerprint density at radius 3 is 2.33 bits per heavy atom. The molecule has 3 rings (SSSR count). The summed E-state index contributed by atoms with van der Waals surface area (Å²) in [6, 6.07) is 11.1. The molecule has 0 unspecified atom stereocenters. The molecular formula is C23H27F3N2O2. The van der Waals surface area contributed by atoms with Crippen molar-refractivity contribution in [1.29, 1.82) is 0 Å². The zero-order chi connectivity index (χ0) is 21.9. The molecule has 1 atom stereocenters. The van der Waals surface area contributed by atoms with Gasteiger partial charge in [-0.2, -0.15) is 13.2 Å². The van der Waals surface area contributed by atoms with E-state index in [1.54, 1.807) is 11.0 Å². The molecule has 0 N–H and O–H groups in total. The number of amides is 1. The summed E-state index contributed by atoms with van der Waals surface area (Å²) in [6.07, 6.45) is -4.40. The molecule has 1 amide bonds. The van der Waals surface area contributed by atoms with Gasteiger partial charge >= 0.3 is 6.18 Å². The van der Waals surface area contributed by atoms with Gasteiger partial charge in [0.05, 0.1) is 5.56 Å². The Balaban J connectivity index is 1.62. The van der Waals surface area contributed by atoms with Crippen LogP contribution in [0.4, 0.5) is 18.9 Å². The maximum absolute atomic E-state index is 13.0. The van der Waals surface area contributed by atoms with E-state index in [0.717, 1.165) is 23.3 Å². The van der Waals surface area contributed by atoms with Crippen LogP contribution >= 0.6 is 0 Å². The fourth-order valence-corrected chi connectivity index (χ4v) is 3.53. The molecule has 7 heteroatoms. The average Bonchev–Trinajstić information content (AvgIpc) is 2.73. The van der Waals surface area contributed by atoms with Gasteiger partial charge in [0.15, 0.2) is 6.10 Å². The number of carbonyl (C=O) groups is 1. The largest absolute Gasteiger partial charge is 0.481 e. The van der Waals surface area contributed by atoms with Gasteiger partial charge in [-0.1, -0.05) is 19.1 Å². The predicted molar refractivity (Wildman–Crippen MR) is 111 cm³/mol. The number of hydrogen-bond donors (Lipinski definition) is 0. The van der Waals surface area contributed by atoms with Crippen LogP contribution in [0, 0.1) is 13.8 Å². The Morgan fingerprint density at radius 2 is 1.73 bits per heavy atom. The van der Waals surface area contributed by atoms with E-state index in [0.29, 0.717) is 44.0 Å². The number of carbonyl (C=O) groups excluding carboxylic acids is 1. The number of halogens is 3. The fraction of sp³-hybridized carbons (Fsp3) is 0.435. The Bertz CT molecular complexity index is 890. The van der Waals surface area contributed by atoms with Crippen molar-refractivity contribution in [1.82, 2.24) is 4.90 Å². The number of benzene rings is 2. The van der Waals surface area contributed by atoms with Gasteiger partial charge in [0.2, 0.25) is 0 Å². The minimum atomic E-state index is -4.37. The van der Waals surface area contributed by atoms with Crippen LogP contribution in [-0.4, -0.2) is 43.1 Å². The molecule has 2 aromatic rings. The van der Waals surface area contributed by atoms with Crippen LogP contribution in [0.25, 0.3) is 0 Å². The molecule has 0 aliphatic carbocycles. The third-order valence-electron chi connectivity index (χ3n) is 5.53. The van der Waals surface area contributed by atoms with Gasteiger partial charge in [0.1, 0.15) is 5.75 Å². The number of ether oxygens (including phenoxy) is 1. The zero-order valence-corrected chi connectivity index (χ0v) is 17.5. The number of piperazine rings is 1. The summed E-state index contributed by atoms with van der Waals surface area (Å²) in [5, 5.41) is 0. The number of hydrogen-bond acceptors (Lipinski definition) is 3. The molecule has 162 valence electrons. The monoisotopic (exact) mass is 420 g/mol. The highest BCUT2D eigenvalue weighted by Crippen LogP contribution is 2.32. The molecule has 4 nitrogen and oxygen atoms in total. The van der Waals surface area contributed by atoms with Gasteiger partial charge in [-0.15, -0.1) is 0 Å². The second kappa shape index (κ2) is 8.98. The molecule has 1 aliphatic rings. The fourth-order valence-electron chi connectivity index (χ4n) is 3.53. The molecule has 0 saturated carbocycles. The van der Waals surface area contributed by atoms with Gasteiger partial charge in [-0.25, -0.2) is 0 Å². The lowest BCUT2D eigenvalue weighted by Crippen LogP contribution is -2.52. The van der Waals surface area contributed by atoms with E-state index in [-0.39, 0.29) is 5.91 Å². The molecule has 1 aliphatic heterocycles. The summed E-state index contributed by atoms with van der Waals surface area (Å²) in [7, 11) is 0. The highest BCUT2D eigenvalue weighted by atomic mass is 19.4. The summed E-state index contributed by atoms with van der Waals surface area (Å²) in [6.45, 7) is 7.77. The molecular weight excluding hydrogens is 393 g/mol. The lowest BCUT2D eigenvalue weighted by atomic mass is 10.1. The molecule has 30 heavy (non-hydrogen) atoms. The van der Waals surface area contributed by atoms with E-state index in [1.807, 2.05) is 43.9 Å². The van der Waals surface area contributed by atoms with Crippen molar-refractivity contribution < 1.29 is 22.7 Å². The molecule has 1 saturated heterocycles. The maximum Gasteiger partial charge on any atom is 0.416 e. The van der Waals surface area contributed by atoms with Crippen LogP contribution in [0.15, 0.2) is 42.5 Å². The average molecular weight is 420 g/mol. The maximum atomic E-state index is 13.0. The van der Waals surface area contributed by atoms with E-state index >= 15 is 0 Å². The van der Waals surface area contributed by atoms with Crippen LogP contribution in [-0.2, 0) is 11.0 Å². The molecule has 0 aromatic heterocycles. The predicted octanol–water partition coefficient (Wildman–Crippen LogP) is 4.83. The zero-order valence-electron chi connectivity index (χ0n) is 17.5. The van der Waals surface area contributed by atoms with Crippen LogP contribution in [0.3, 0.4) is 0 Å². The molecule has 1 fully saturated rings. The first-order valence-electron chi connectivity index (χ1n) is 10.1. The van der Waals surface area contributed by atoms with Gasteiger partial charge in [-0.3, -0.25) is 4.79 Å². The van der Waals surface area contributed by atoms with Crippen molar-refractivity contribution in [2.75, 3.05) is 31.1 Å². The van der Waals surface area contributed by atoms with Crippen molar-refractivity contribution in [3.05, 3.63) is 59.2 Å². The van der Waals surface area contributed by atoms with Crippen molar-refractivity contribution >= 4 is 11.6 Å². The minimum Gasteiger partial charge on any atom is -0.481 e. The highest BCUT2D eigenvalue weighted by molar-refractivity contribution is 5.81. The molecule has 0 bridgehead atoms. The Labute approximate surface area is 175 Å². The Hall–Kier alpha value is -2.70. The molecule has 2 aromatic carbocycles. The second-order valence-electron chi connectivity index (χ2n) is 7.62. The summed E-state index contributed by atoms with van der Waals surface area (Å²) in [4.78, 5) is 16.6. The minimum absolute atomic E-state index is 0.0839. The molecule has 0 spiro atoms. The summed E-state index contributed by atoms with van der Waals surface area (Å²) >= 11 is 0. The van der Waals surface area contributed by atoms with Crippen LogP contribution in [0.2, 0.25) is 0 Å². The first kappa shape index (κ1) is 22.0. The van der Waals surface area contributed by atoms with Crippen LogP contribution in [0.5, 0.6) is 5.75 Å². The number of anilines is 1. The summed E-state index contributed by atoms with van der Waals surface area (Å²) in [5.74, 6) is 0.584.